The Hall–Kier alpha value is -2.47. The average Bonchev–Trinajstić information content (AvgIpc) is 3.09. The fourth-order valence-corrected chi connectivity index (χ4v) is 3.10. The van der Waals surface area contributed by atoms with Crippen molar-refractivity contribution in [2.45, 2.75) is 13.8 Å². The molecule has 2 aromatic heterocycles. The zero-order chi connectivity index (χ0) is 15.7. The van der Waals surface area contributed by atoms with Crippen molar-refractivity contribution in [2.75, 3.05) is 5.32 Å². The van der Waals surface area contributed by atoms with Crippen LogP contribution >= 0.6 is 11.3 Å². The lowest BCUT2D eigenvalue weighted by Gasteiger charge is -2.07. The zero-order valence-electron chi connectivity index (χ0n) is 12.1. The number of thiazole rings is 1. The van der Waals surface area contributed by atoms with Gasteiger partial charge in [0.2, 0.25) is 0 Å². The lowest BCUT2D eigenvalue weighted by molar-refractivity contribution is 0.102. The first-order valence-corrected chi connectivity index (χ1v) is 7.60. The minimum atomic E-state index is -0.333. The van der Waals surface area contributed by atoms with Crippen molar-refractivity contribution in [3.8, 4) is 5.13 Å². The molecule has 0 fully saturated rings. The standard InChI is InChI=1S/C16H14FN3OS/c1-10-9-14(11(2)20(10)16-18-7-8-22-16)15(21)19-13-5-3-12(17)4-6-13/h3-9H,1-2H3,(H,19,21). The third kappa shape index (κ3) is 2.65. The summed E-state index contributed by atoms with van der Waals surface area (Å²) in [6, 6.07) is 7.53. The Morgan fingerprint density at radius 2 is 2.00 bits per heavy atom. The minimum Gasteiger partial charge on any atom is -0.322 e. The van der Waals surface area contributed by atoms with E-state index in [0.717, 1.165) is 16.5 Å². The number of hydrogen-bond donors (Lipinski definition) is 1. The normalized spacial score (nSPS) is 10.7. The second-order valence-electron chi connectivity index (χ2n) is 4.90. The van der Waals surface area contributed by atoms with E-state index < -0.39 is 0 Å². The van der Waals surface area contributed by atoms with Gasteiger partial charge in [0.15, 0.2) is 5.13 Å². The van der Waals surface area contributed by atoms with E-state index in [-0.39, 0.29) is 11.7 Å². The van der Waals surface area contributed by atoms with Gasteiger partial charge in [-0.15, -0.1) is 11.3 Å². The van der Waals surface area contributed by atoms with Crippen molar-refractivity contribution in [1.29, 1.82) is 0 Å². The molecule has 3 rings (SSSR count). The third-order valence-corrected chi connectivity index (χ3v) is 4.15. The van der Waals surface area contributed by atoms with Gasteiger partial charge in [0.05, 0.1) is 5.56 Å². The molecule has 6 heteroatoms. The molecule has 1 aromatic carbocycles. The molecule has 0 saturated carbocycles. The van der Waals surface area contributed by atoms with Crippen LogP contribution < -0.4 is 5.32 Å². The molecule has 2 heterocycles. The van der Waals surface area contributed by atoms with Crippen LogP contribution in [-0.4, -0.2) is 15.5 Å². The molecule has 0 radical (unpaired) electrons. The Bertz CT molecular complexity index is 807. The number of carbonyl (C=O) groups excluding carboxylic acids is 1. The number of rotatable bonds is 3. The van der Waals surface area contributed by atoms with Gasteiger partial charge in [0.25, 0.3) is 5.91 Å². The highest BCUT2D eigenvalue weighted by Gasteiger charge is 2.17. The van der Waals surface area contributed by atoms with Gasteiger partial charge in [-0.3, -0.25) is 9.36 Å². The SMILES string of the molecule is Cc1cc(C(=O)Nc2ccc(F)cc2)c(C)n1-c1nccs1. The Labute approximate surface area is 131 Å². The van der Waals surface area contributed by atoms with Gasteiger partial charge in [-0.1, -0.05) is 0 Å². The highest BCUT2D eigenvalue weighted by molar-refractivity contribution is 7.12. The molecular formula is C16H14FN3OS. The van der Waals surface area contributed by atoms with Crippen LogP contribution in [0.3, 0.4) is 0 Å². The van der Waals surface area contributed by atoms with E-state index in [1.165, 1.54) is 35.6 Å². The second kappa shape index (κ2) is 5.73. The van der Waals surface area contributed by atoms with Crippen LogP contribution in [0.4, 0.5) is 10.1 Å². The summed E-state index contributed by atoms with van der Waals surface area (Å²) in [6.45, 7) is 3.82. The van der Waals surface area contributed by atoms with Gasteiger partial charge in [-0.05, 0) is 44.2 Å². The number of carbonyl (C=O) groups is 1. The van der Waals surface area contributed by atoms with Crippen LogP contribution in [0, 0.1) is 19.7 Å². The summed E-state index contributed by atoms with van der Waals surface area (Å²) >= 11 is 1.51. The van der Waals surface area contributed by atoms with Crippen LogP contribution in [0.5, 0.6) is 0 Å². The van der Waals surface area contributed by atoms with Crippen LogP contribution in [-0.2, 0) is 0 Å². The van der Waals surface area contributed by atoms with E-state index in [1.807, 2.05) is 29.9 Å². The minimum absolute atomic E-state index is 0.220. The number of aromatic nitrogens is 2. The number of nitrogens with zero attached hydrogens (tertiary/aromatic N) is 2. The predicted octanol–water partition coefficient (Wildman–Crippen LogP) is 3.94. The predicted molar refractivity (Wildman–Crippen MR) is 85.3 cm³/mol. The van der Waals surface area contributed by atoms with Gasteiger partial charge in [0.1, 0.15) is 5.82 Å². The molecule has 0 bridgehead atoms. The van der Waals surface area contributed by atoms with E-state index in [1.54, 1.807) is 6.20 Å². The summed E-state index contributed by atoms with van der Waals surface area (Å²) in [5.74, 6) is -0.553. The van der Waals surface area contributed by atoms with Crippen molar-refractivity contribution in [1.82, 2.24) is 9.55 Å². The molecule has 0 saturated heterocycles. The summed E-state index contributed by atoms with van der Waals surface area (Å²) in [7, 11) is 0. The van der Waals surface area contributed by atoms with E-state index in [0.29, 0.717) is 11.3 Å². The monoisotopic (exact) mass is 315 g/mol. The van der Waals surface area contributed by atoms with Crippen molar-refractivity contribution in [2.24, 2.45) is 0 Å². The Morgan fingerprint density at radius 1 is 1.27 bits per heavy atom. The fraction of sp³-hybridized carbons (Fsp3) is 0.125. The van der Waals surface area contributed by atoms with E-state index in [2.05, 4.69) is 10.3 Å². The highest BCUT2D eigenvalue weighted by atomic mass is 32.1. The van der Waals surface area contributed by atoms with E-state index >= 15 is 0 Å². The Kier molecular flexibility index (Phi) is 3.77. The molecule has 4 nitrogen and oxygen atoms in total. The van der Waals surface area contributed by atoms with Crippen LogP contribution in [0.1, 0.15) is 21.7 Å². The molecule has 0 aliphatic heterocycles. The lowest BCUT2D eigenvalue weighted by atomic mass is 10.2. The van der Waals surface area contributed by atoms with Crippen LogP contribution in [0.15, 0.2) is 41.9 Å². The van der Waals surface area contributed by atoms with Gasteiger partial charge < -0.3 is 5.32 Å². The number of aryl methyl sites for hydroxylation is 1. The van der Waals surface area contributed by atoms with Gasteiger partial charge in [-0.25, -0.2) is 9.37 Å². The molecule has 3 aromatic rings. The highest BCUT2D eigenvalue weighted by Crippen LogP contribution is 2.23. The maximum absolute atomic E-state index is 12.9. The molecule has 0 spiro atoms. The van der Waals surface area contributed by atoms with Crippen LogP contribution in [0.25, 0.3) is 5.13 Å². The second-order valence-corrected chi connectivity index (χ2v) is 5.77. The first-order chi connectivity index (χ1) is 10.6. The average molecular weight is 315 g/mol. The third-order valence-electron chi connectivity index (χ3n) is 3.39. The summed E-state index contributed by atoms with van der Waals surface area (Å²) in [6.07, 6.45) is 1.73. The fourth-order valence-electron chi connectivity index (χ4n) is 2.35. The Morgan fingerprint density at radius 3 is 2.64 bits per heavy atom. The molecule has 1 N–H and O–H groups in total. The number of nitrogens with one attached hydrogen (secondary N) is 1. The number of amides is 1. The van der Waals surface area contributed by atoms with Gasteiger partial charge >= 0.3 is 0 Å². The Balaban J connectivity index is 1.90. The first-order valence-electron chi connectivity index (χ1n) is 6.72. The molecule has 1 amide bonds. The largest absolute Gasteiger partial charge is 0.322 e. The lowest BCUT2D eigenvalue weighted by Crippen LogP contribution is -2.13. The zero-order valence-corrected chi connectivity index (χ0v) is 12.9. The molecule has 0 unspecified atom stereocenters. The van der Waals surface area contributed by atoms with Gasteiger partial charge in [0, 0.05) is 28.7 Å². The summed E-state index contributed by atoms with van der Waals surface area (Å²) < 4.78 is 14.9. The van der Waals surface area contributed by atoms with E-state index in [9.17, 15) is 9.18 Å². The maximum atomic E-state index is 12.9. The quantitative estimate of drug-likeness (QED) is 0.795. The van der Waals surface area contributed by atoms with Gasteiger partial charge in [-0.2, -0.15) is 0 Å². The number of hydrogen-bond acceptors (Lipinski definition) is 3. The maximum Gasteiger partial charge on any atom is 0.257 e. The summed E-state index contributed by atoms with van der Waals surface area (Å²) in [4.78, 5) is 16.7. The smallest absolute Gasteiger partial charge is 0.257 e. The molecular weight excluding hydrogens is 301 g/mol. The van der Waals surface area contributed by atoms with Crippen molar-refractivity contribution >= 4 is 22.9 Å². The molecule has 112 valence electrons. The summed E-state index contributed by atoms with van der Waals surface area (Å²) in [5, 5.41) is 5.50. The topological polar surface area (TPSA) is 46.9 Å². The number of anilines is 1. The van der Waals surface area contributed by atoms with Crippen LogP contribution in [0.2, 0.25) is 0 Å². The van der Waals surface area contributed by atoms with Crippen molar-refractivity contribution in [3.63, 3.8) is 0 Å². The van der Waals surface area contributed by atoms with E-state index in [4.69, 9.17) is 0 Å². The number of halogens is 1. The van der Waals surface area contributed by atoms with Crippen molar-refractivity contribution in [3.05, 3.63) is 64.7 Å². The number of benzene rings is 1. The first kappa shape index (κ1) is 14.5. The van der Waals surface area contributed by atoms with Crippen molar-refractivity contribution < 1.29 is 9.18 Å². The molecule has 0 aliphatic carbocycles. The molecule has 0 atom stereocenters. The molecule has 22 heavy (non-hydrogen) atoms. The summed E-state index contributed by atoms with van der Waals surface area (Å²) in [5.41, 5.74) is 2.91. The molecule has 0 aliphatic rings.